The lowest BCUT2D eigenvalue weighted by Crippen LogP contribution is -2.44. The number of halogens is 1. The summed E-state index contributed by atoms with van der Waals surface area (Å²) >= 11 is 6.32. The van der Waals surface area contributed by atoms with Crippen molar-refractivity contribution in [1.82, 2.24) is 36.1 Å². The van der Waals surface area contributed by atoms with Gasteiger partial charge in [0, 0.05) is 72.8 Å². The quantitative estimate of drug-likeness (QED) is 0.234. The molecule has 0 bridgehead atoms. The first-order valence-corrected chi connectivity index (χ1v) is 14.8. The summed E-state index contributed by atoms with van der Waals surface area (Å²) in [6.45, 7) is 2.68. The molecule has 11 heteroatoms. The molecule has 2 aliphatic heterocycles. The number of hydrogen-bond donors (Lipinski definition) is 5. The Labute approximate surface area is 243 Å². The van der Waals surface area contributed by atoms with Crippen molar-refractivity contribution in [2.45, 2.75) is 50.2 Å². The molecule has 3 atom stereocenters. The highest BCUT2D eigenvalue weighted by atomic mass is 35.5. The van der Waals surface area contributed by atoms with E-state index >= 15 is 0 Å². The van der Waals surface area contributed by atoms with Crippen molar-refractivity contribution in [2.24, 2.45) is 5.92 Å². The number of amides is 1. The molecule has 0 spiro atoms. The molecule has 1 amide bonds. The predicted molar refractivity (Wildman–Crippen MR) is 161 cm³/mol. The molecule has 212 valence electrons. The van der Waals surface area contributed by atoms with E-state index in [1.165, 1.54) is 0 Å². The second-order valence-corrected chi connectivity index (χ2v) is 11.8. The monoisotopic (exact) mass is 571 g/mol. The summed E-state index contributed by atoms with van der Waals surface area (Å²) in [5.41, 5.74) is 10.0. The SMILES string of the molecule is O=C(NC1CCN(c2ccncc2Cl)CC1)c1cc2ccc(-c3nccc(NC4CCC5NNCC5C4)n3)cc2[nH]1. The number of rotatable bonds is 6. The van der Waals surface area contributed by atoms with E-state index in [1.807, 2.05) is 36.4 Å². The van der Waals surface area contributed by atoms with E-state index < -0.39 is 0 Å². The summed E-state index contributed by atoms with van der Waals surface area (Å²) < 4.78 is 0. The van der Waals surface area contributed by atoms with Crippen molar-refractivity contribution >= 4 is 39.9 Å². The highest BCUT2D eigenvalue weighted by Gasteiger charge is 2.33. The molecule has 3 fully saturated rings. The van der Waals surface area contributed by atoms with Gasteiger partial charge in [0.15, 0.2) is 5.82 Å². The van der Waals surface area contributed by atoms with Gasteiger partial charge < -0.3 is 20.5 Å². The number of nitrogens with one attached hydrogen (secondary N) is 5. The molecule has 4 aromatic rings. The zero-order chi connectivity index (χ0) is 27.8. The molecular formula is C30H34ClN9O. The molecular weight excluding hydrogens is 538 g/mol. The Hall–Kier alpha value is -3.73. The van der Waals surface area contributed by atoms with Gasteiger partial charge in [-0.05, 0) is 62.3 Å². The van der Waals surface area contributed by atoms with Crippen molar-refractivity contribution in [2.75, 3.05) is 29.9 Å². The predicted octanol–water partition coefficient (Wildman–Crippen LogP) is 4.13. The fraction of sp³-hybridized carbons (Fsp3) is 0.400. The van der Waals surface area contributed by atoms with Gasteiger partial charge in [-0.1, -0.05) is 23.7 Å². The lowest BCUT2D eigenvalue weighted by molar-refractivity contribution is 0.0927. The maximum atomic E-state index is 13.1. The molecule has 0 radical (unpaired) electrons. The minimum atomic E-state index is -0.0898. The van der Waals surface area contributed by atoms with E-state index in [4.69, 9.17) is 16.6 Å². The number of anilines is 2. The Bertz CT molecular complexity index is 1550. The Morgan fingerprint density at radius 1 is 1.02 bits per heavy atom. The van der Waals surface area contributed by atoms with Gasteiger partial charge in [-0.25, -0.2) is 9.97 Å². The van der Waals surface area contributed by atoms with Crippen LogP contribution in [0.1, 0.15) is 42.6 Å². The molecule has 5 N–H and O–H groups in total. The first-order chi connectivity index (χ1) is 20.1. The normalized spacial score (nSPS) is 23.0. The molecule has 3 aliphatic rings. The van der Waals surface area contributed by atoms with Crippen LogP contribution in [0.15, 0.2) is 55.0 Å². The zero-order valence-electron chi connectivity index (χ0n) is 22.7. The van der Waals surface area contributed by atoms with E-state index in [1.54, 1.807) is 18.6 Å². The van der Waals surface area contributed by atoms with Crippen LogP contribution in [0, 0.1) is 5.92 Å². The lowest BCUT2D eigenvalue weighted by Gasteiger charge is -2.34. The largest absolute Gasteiger partial charge is 0.370 e. The second kappa shape index (κ2) is 11.3. The first kappa shape index (κ1) is 26.2. The Morgan fingerprint density at radius 2 is 1.93 bits per heavy atom. The number of hydrogen-bond acceptors (Lipinski definition) is 8. The van der Waals surface area contributed by atoms with E-state index in [0.29, 0.717) is 34.5 Å². The van der Waals surface area contributed by atoms with Crippen LogP contribution in [0.2, 0.25) is 5.02 Å². The van der Waals surface area contributed by atoms with Crippen molar-refractivity contribution in [3.63, 3.8) is 0 Å². The van der Waals surface area contributed by atoms with Gasteiger partial charge in [0.05, 0.1) is 10.7 Å². The highest BCUT2D eigenvalue weighted by Crippen LogP contribution is 2.30. The fourth-order valence-corrected chi connectivity index (χ4v) is 6.70. The fourth-order valence-electron chi connectivity index (χ4n) is 6.46. The third-order valence-electron chi connectivity index (χ3n) is 8.69. The van der Waals surface area contributed by atoms with E-state index in [-0.39, 0.29) is 11.9 Å². The number of benzene rings is 1. The number of nitrogens with zero attached hydrogens (tertiary/aromatic N) is 4. The molecule has 1 saturated carbocycles. The number of carbonyl (C=O) groups is 1. The molecule has 10 nitrogen and oxygen atoms in total. The molecule has 7 rings (SSSR count). The Balaban J connectivity index is 0.992. The molecule has 2 saturated heterocycles. The summed E-state index contributed by atoms with van der Waals surface area (Å²) in [4.78, 5) is 32.1. The molecule has 5 heterocycles. The van der Waals surface area contributed by atoms with E-state index in [2.05, 4.69) is 41.3 Å². The smallest absolute Gasteiger partial charge is 0.267 e. The molecule has 1 aromatic carbocycles. The highest BCUT2D eigenvalue weighted by molar-refractivity contribution is 6.33. The van der Waals surface area contributed by atoms with Crippen LogP contribution in [0.5, 0.6) is 0 Å². The van der Waals surface area contributed by atoms with Crippen molar-refractivity contribution in [3.8, 4) is 11.4 Å². The average Bonchev–Trinajstić information content (AvgIpc) is 3.65. The number of carbonyl (C=O) groups excluding carboxylic acids is 1. The average molecular weight is 572 g/mol. The first-order valence-electron chi connectivity index (χ1n) is 14.5. The summed E-state index contributed by atoms with van der Waals surface area (Å²) in [6, 6.07) is 12.9. The van der Waals surface area contributed by atoms with Crippen LogP contribution in [0.25, 0.3) is 22.3 Å². The minimum absolute atomic E-state index is 0.0898. The van der Waals surface area contributed by atoms with Crippen molar-refractivity contribution in [3.05, 3.63) is 65.7 Å². The van der Waals surface area contributed by atoms with Crippen molar-refractivity contribution in [1.29, 1.82) is 0 Å². The van der Waals surface area contributed by atoms with E-state index in [0.717, 1.165) is 79.7 Å². The number of aromatic nitrogens is 4. The standard InChI is InChI=1S/C30H34ClN9O/c31-23-17-32-9-5-27(23)40-11-7-21(8-12-40)36-30(41)26-14-18-1-2-19(15-25(18)37-26)29-33-10-6-28(38-29)35-22-3-4-24-20(13-22)16-34-39-24/h1-2,5-6,9-10,14-15,17,20-22,24,34,37,39H,3-4,7-8,11-13,16H2,(H,36,41)(H,33,35,38). The van der Waals surface area contributed by atoms with E-state index in [9.17, 15) is 4.79 Å². The Morgan fingerprint density at radius 3 is 2.80 bits per heavy atom. The van der Waals surface area contributed by atoms with Crippen LogP contribution >= 0.6 is 11.6 Å². The van der Waals surface area contributed by atoms with Crippen LogP contribution in [0.3, 0.4) is 0 Å². The number of fused-ring (bicyclic) bond motifs is 2. The van der Waals surface area contributed by atoms with Gasteiger partial charge in [0.25, 0.3) is 5.91 Å². The lowest BCUT2D eigenvalue weighted by atomic mass is 9.83. The summed E-state index contributed by atoms with van der Waals surface area (Å²) in [7, 11) is 0. The second-order valence-electron chi connectivity index (χ2n) is 11.4. The van der Waals surface area contributed by atoms with Gasteiger partial charge in [-0.2, -0.15) is 0 Å². The van der Waals surface area contributed by atoms with Gasteiger partial charge in [0.1, 0.15) is 11.5 Å². The van der Waals surface area contributed by atoms with Gasteiger partial charge in [0.2, 0.25) is 0 Å². The van der Waals surface area contributed by atoms with Crippen LogP contribution in [-0.2, 0) is 0 Å². The number of pyridine rings is 1. The summed E-state index contributed by atoms with van der Waals surface area (Å²) in [5.74, 6) is 2.08. The van der Waals surface area contributed by atoms with Gasteiger partial charge in [-0.15, -0.1) is 0 Å². The zero-order valence-corrected chi connectivity index (χ0v) is 23.5. The molecule has 41 heavy (non-hydrogen) atoms. The number of aromatic amines is 1. The van der Waals surface area contributed by atoms with Crippen molar-refractivity contribution < 1.29 is 4.79 Å². The molecule has 1 aliphatic carbocycles. The van der Waals surface area contributed by atoms with Crippen LogP contribution in [0.4, 0.5) is 11.5 Å². The number of hydrazine groups is 1. The third kappa shape index (κ3) is 5.59. The minimum Gasteiger partial charge on any atom is -0.370 e. The number of piperidine rings is 1. The maximum absolute atomic E-state index is 13.1. The van der Waals surface area contributed by atoms with Crippen LogP contribution in [-0.4, -0.2) is 63.6 Å². The third-order valence-corrected chi connectivity index (χ3v) is 8.98. The molecule has 3 aromatic heterocycles. The maximum Gasteiger partial charge on any atom is 0.267 e. The van der Waals surface area contributed by atoms with Gasteiger partial charge in [-0.3, -0.25) is 20.6 Å². The molecule has 3 unspecified atom stereocenters. The topological polar surface area (TPSA) is 123 Å². The van der Waals surface area contributed by atoms with Gasteiger partial charge >= 0.3 is 0 Å². The summed E-state index contributed by atoms with van der Waals surface area (Å²) in [5, 5.41) is 8.47. The Kier molecular flexibility index (Phi) is 7.20. The summed E-state index contributed by atoms with van der Waals surface area (Å²) in [6.07, 6.45) is 10.3. The van der Waals surface area contributed by atoms with Crippen LogP contribution < -0.4 is 26.4 Å². The number of H-pyrrole nitrogens is 1.